The van der Waals surface area contributed by atoms with E-state index >= 15 is 0 Å². The Bertz CT molecular complexity index is 994. The average molecular weight is 353 g/mol. The number of hydrogen-bond donors (Lipinski definition) is 1. The number of hydrogen-bond acceptors (Lipinski definition) is 3. The quantitative estimate of drug-likeness (QED) is 0.766. The van der Waals surface area contributed by atoms with E-state index in [-0.39, 0.29) is 35.4 Å². The van der Waals surface area contributed by atoms with E-state index < -0.39 is 0 Å². The monoisotopic (exact) mass is 353 g/mol. The Labute approximate surface area is 150 Å². The second-order valence-electron chi connectivity index (χ2n) is 6.58. The van der Waals surface area contributed by atoms with Crippen LogP contribution in [0.4, 0.5) is 4.39 Å². The van der Waals surface area contributed by atoms with E-state index in [4.69, 9.17) is 0 Å². The van der Waals surface area contributed by atoms with Crippen molar-refractivity contribution in [2.45, 2.75) is 26.9 Å². The lowest BCUT2D eigenvalue weighted by molar-refractivity contribution is 0.0945. The molecule has 1 heterocycles. The molecule has 6 heteroatoms. The van der Waals surface area contributed by atoms with Gasteiger partial charge in [0.15, 0.2) is 5.69 Å². The van der Waals surface area contributed by atoms with E-state index in [1.807, 2.05) is 13.8 Å². The fourth-order valence-electron chi connectivity index (χ4n) is 2.74. The van der Waals surface area contributed by atoms with Crippen LogP contribution in [-0.4, -0.2) is 15.7 Å². The first-order chi connectivity index (χ1) is 12.5. The third-order valence-corrected chi connectivity index (χ3v) is 3.99. The van der Waals surface area contributed by atoms with Gasteiger partial charge in [-0.2, -0.15) is 5.10 Å². The van der Waals surface area contributed by atoms with Crippen molar-refractivity contribution in [3.05, 3.63) is 76.0 Å². The molecule has 0 aliphatic carbocycles. The highest BCUT2D eigenvalue weighted by Gasteiger charge is 2.16. The van der Waals surface area contributed by atoms with Crippen LogP contribution >= 0.6 is 0 Å². The van der Waals surface area contributed by atoms with Crippen LogP contribution in [0.3, 0.4) is 0 Å². The molecule has 0 saturated heterocycles. The highest BCUT2D eigenvalue weighted by atomic mass is 19.1. The maximum Gasteiger partial charge on any atom is 0.274 e. The summed E-state index contributed by atoms with van der Waals surface area (Å²) in [4.78, 5) is 25.3. The van der Waals surface area contributed by atoms with Gasteiger partial charge in [-0.3, -0.25) is 9.59 Å². The van der Waals surface area contributed by atoms with E-state index in [0.29, 0.717) is 17.3 Å². The van der Waals surface area contributed by atoms with Crippen LogP contribution in [0.5, 0.6) is 0 Å². The number of carbonyl (C=O) groups excluding carboxylic acids is 1. The smallest absolute Gasteiger partial charge is 0.274 e. The molecule has 1 aromatic heterocycles. The van der Waals surface area contributed by atoms with Gasteiger partial charge in [-0.25, -0.2) is 9.07 Å². The number of halogens is 1. The molecule has 0 aliphatic rings. The molecule has 2 aromatic carbocycles. The fraction of sp³-hybridized carbons (Fsp3) is 0.250. The molecule has 0 radical (unpaired) electrons. The fourth-order valence-corrected chi connectivity index (χ4v) is 2.74. The Kier molecular flexibility index (Phi) is 5.11. The number of amides is 1. The zero-order valence-electron chi connectivity index (χ0n) is 14.7. The number of fused-ring (bicyclic) bond motifs is 1. The third-order valence-electron chi connectivity index (χ3n) is 3.99. The predicted octanol–water partition coefficient (Wildman–Crippen LogP) is 3.12. The Morgan fingerprint density at radius 1 is 1.12 bits per heavy atom. The Morgan fingerprint density at radius 3 is 2.42 bits per heavy atom. The van der Waals surface area contributed by atoms with E-state index in [2.05, 4.69) is 10.4 Å². The number of nitrogens with one attached hydrogen (secondary N) is 1. The van der Waals surface area contributed by atoms with Crippen LogP contribution in [0.1, 0.15) is 29.9 Å². The summed E-state index contributed by atoms with van der Waals surface area (Å²) in [6, 6.07) is 12.9. The van der Waals surface area contributed by atoms with E-state index in [0.717, 1.165) is 5.56 Å². The van der Waals surface area contributed by atoms with Gasteiger partial charge in [-0.1, -0.05) is 44.2 Å². The van der Waals surface area contributed by atoms with Crippen LogP contribution in [0.25, 0.3) is 10.8 Å². The second kappa shape index (κ2) is 7.47. The normalized spacial score (nSPS) is 11.1. The summed E-state index contributed by atoms with van der Waals surface area (Å²) in [7, 11) is 0. The van der Waals surface area contributed by atoms with Crippen LogP contribution in [-0.2, 0) is 13.1 Å². The molecule has 3 aromatic rings. The molecule has 0 saturated carbocycles. The molecule has 0 spiro atoms. The van der Waals surface area contributed by atoms with Gasteiger partial charge in [-0.15, -0.1) is 0 Å². The molecule has 26 heavy (non-hydrogen) atoms. The summed E-state index contributed by atoms with van der Waals surface area (Å²) >= 11 is 0. The molecule has 0 aliphatic heterocycles. The molecule has 0 fully saturated rings. The van der Waals surface area contributed by atoms with Crippen LogP contribution in [0.2, 0.25) is 0 Å². The van der Waals surface area contributed by atoms with Crippen molar-refractivity contribution in [2.24, 2.45) is 5.92 Å². The van der Waals surface area contributed by atoms with E-state index in [9.17, 15) is 14.0 Å². The minimum absolute atomic E-state index is 0.204. The first kappa shape index (κ1) is 17.8. The van der Waals surface area contributed by atoms with Crippen molar-refractivity contribution in [3.8, 4) is 0 Å². The van der Waals surface area contributed by atoms with Gasteiger partial charge in [-0.05, 0) is 29.7 Å². The largest absolute Gasteiger partial charge is 0.347 e. The molecule has 5 nitrogen and oxygen atoms in total. The summed E-state index contributed by atoms with van der Waals surface area (Å²) in [5.41, 5.74) is 0.784. The minimum atomic E-state index is -0.372. The van der Waals surface area contributed by atoms with Gasteiger partial charge in [0.25, 0.3) is 11.5 Å². The summed E-state index contributed by atoms with van der Waals surface area (Å²) in [6.45, 7) is 4.65. The minimum Gasteiger partial charge on any atom is -0.347 e. The first-order valence-corrected chi connectivity index (χ1v) is 8.48. The van der Waals surface area contributed by atoms with Crippen molar-refractivity contribution in [1.29, 1.82) is 0 Å². The van der Waals surface area contributed by atoms with Gasteiger partial charge < -0.3 is 5.32 Å². The van der Waals surface area contributed by atoms with Crippen LogP contribution in [0.15, 0.2) is 53.3 Å². The highest BCUT2D eigenvalue weighted by molar-refractivity contribution is 6.04. The second-order valence-corrected chi connectivity index (χ2v) is 6.58. The van der Waals surface area contributed by atoms with Crippen LogP contribution < -0.4 is 10.9 Å². The maximum absolute atomic E-state index is 13.0. The predicted molar refractivity (Wildman–Crippen MR) is 98.4 cm³/mol. The molecule has 1 N–H and O–H groups in total. The lowest BCUT2D eigenvalue weighted by atomic mass is 10.1. The van der Waals surface area contributed by atoms with E-state index in [1.165, 1.54) is 16.8 Å². The van der Waals surface area contributed by atoms with Gasteiger partial charge in [0.05, 0.1) is 5.39 Å². The van der Waals surface area contributed by atoms with Crippen LogP contribution in [0, 0.1) is 11.7 Å². The summed E-state index contributed by atoms with van der Waals surface area (Å²) in [5.74, 6) is -0.479. The molecule has 0 unspecified atom stereocenters. The Hall–Kier alpha value is -3.02. The standard InChI is InChI=1S/C20H20FN3O2/c1-13(2)12-24-20(26)17-6-4-3-5-16(17)18(23-24)19(25)22-11-14-7-9-15(21)10-8-14/h3-10,13H,11-12H2,1-2H3,(H,22,25). The van der Waals surface area contributed by atoms with Gasteiger partial charge in [0.1, 0.15) is 5.82 Å². The molecule has 0 atom stereocenters. The zero-order valence-corrected chi connectivity index (χ0v) is 14.7. The average Bonchev–Trinajstić information content (AvgIpc) is 2.63. The topological polar surface area (TPSA) is 64.0 Å². The summed E-state index contributed by atoms with van der Waals surface area (Å²) in [5, 5.41) is 8.08. The zero-order chi connectivity index (χ0) is 18.7. The number of rotatable bonds is 5. The van der Waals surface area contributed by atoms with Crippen molar-refractivity contribution in [2.75, 3.05) is 0 Å². The summed E-state index contributed by atoms with van der Waals surface area (Å²) < 4.78 is 14.3. The Balaban J connectivity index is 1.94. The number of carbonyl (C=O) groups is 1. The van der Waals surface area contributed by atoms with E-state index in [1.54, 1.807) is 36.4 Å². The Morgan fingerprint density at radius 2 is 1.77 bits per heavy atom. The lowest BCUT2D eigenvalue weighted by Gasteiger charge is -2.12. The number of nitrogens with zero attached hydrogens (tertiary/aromatic N) is 2. The molecular formula is C20H20FN3O2. The first-order valence-electron chi connectivity index (χ1n) is 8.48. The lowest BCUT2D eigenvalue weighted by Crippen LogP contribution is -2.31. The number of benzene rings is 2. The van der Waals surface area contributed by atoms with Crippen molar-refractivity contribution in [3.63, 3.8) is 0 Å². The van der Waals surface area contributed by atoms with Crippen molar-refractivity contribution in [1.82, 2.24) is 15.1 Å². The number of aromatic nitrogens is 2. The van der Waals surface area contributed by atoms with Gasteiger partial charge >= 0.3 is 0 Å². The molecule has 1 amide bonds. The third kappa shape index (κ3) is 3.79. The van der Waals surface area contributed by atoms with Crippen molar-refractivity contribution >= 4 is 16.7 Å². The molecule has 3 rings (SSSR count). The maximum atomic E-state index is 13.0. The van der Waals surface area contributed by atoms with Gasteiger partial charge in [0, 0.05) is 18.5 Å². The van der Waals surface area contributed by atoms with Gasteiger partial charge in [0.2, 0.25) is 0 Å². The molecule has 0 bridgehead atoms. The van der Waals surface area contributed by atoms with Crippen molar-refractivity contribution < 1.29 is 9.18 Å². The summed E-state index contributed by atoms with van der Waals surface area (Å²) in [6.07, 6.45) is 0. The highest BCUT2D eigenvalue weighted by Crippen LogP contribution is 2.14. The molecular weight excluding hydrogens is 333 g/mol. The SMILES string of the molecule is CC(C)Cn1nc(C(=O)NCc2ccc(F)cc2)c2ccccc2c1=O. The molecule has 134 valence electrons.